The number of amides is 1. The molecule has 1 atom stereocenters. The summed E-state index contributed by atoms with van der Waals surface area (Å²) in [5.74, 6) is -0.803. The molecular weight excluding hydrogens is 322 g/mol. The summed E-state index contributed by atoms with van der Waals surface area (Å²) in [5, 5.41) is 8.62. The smallest absolute Gasteiger partial charge is 0.341 e. The van der Waals surface area contributed by atoms with Crippen molar-refractivity contribution in [1.82, 2.24) is 0 Å². The number of carbonyl (C=O) groups excluding carboxylic acids is 1. The quantitative estimate of drug-likeness (QED) is 0.797. The standard InChI is InChI=1S/C19H21NO5/c1-3-24-18(14-7-5-4-6-8-14)19(23)20(2)15-9-11-16(12-10-15)25-13-17(21)22/h4-12,18H,3,13H2,1-2H3,(H,21,22). The summed E-state index contributed by atoms with van der Waals surface area (Å²) in [5.41, 5.74) is 1.45. The summed E-state index contributed by atoms with van der Waals surface area (Å²) in [6, 6.07) is 16.0. The minimum absolute atomic E-state index is 0.188. The number of hydrogen-bond donors (Lipinski definition) is 1. The maximum atomic E-state index is 12.8. The van der Waals surface area contributed by atoms with Crippen LogP contribution in [0.25, 0.3) is 0 Å². The van der Waals surface area contributed by atoms with Crippen molar-refractivity contribution in [1.29, 1.82) is 0 Å². The maximum Gasteiger partial charge on any atom is 0.341 e. The number of benzene rings is 2. The number of carbonyl (C=O) groups is 2. The molecule has 25 heavy (non-hydrogen) atoms. The number of hydrogen-bond acceptors (Lipinski definition) is 4. The number of likely N-dealkylation sites (N-methyl/N-ethyl adjacent to an activating group) is 1. The number of aliphatic carboxylic acids is 1. The topological polar surface area (TPSA) is 76.1 Å². The van der Waals surface area contributed by atoms with Crippen LogP contribution in [0.2, 0.25) is 0 Å². The molecule has 0 fully saturated rings. The number of rotatable bonds is 8. The van der Waals surface area contributed by atoms with E-state index in [0.717, 1.165) is 5.56 Å². The van der Waals surface area contributed by atoms with Crippen molar-refractivity contribution < 1.29 is 24.2 Å². The van der Waals surface area contributed by atoms with E-state index in [4.69, 9.17) is 14.6 Å². The van der Waals surface area contributed by atoms with Crippen LogP contribution in [0.4, 0.5) is 5.69 Å². The highest BCUT2D eigenvalue weighted by Gasteiger charge is 2.25. The largest absolute Gasteiger partial charge is 0.482 e. The van der Waals surface area contributed by atoms with Crippen LogP contribution in [-0.2, 0) is 14.3 Å². The molecule has 0 bridgehead atoms. The molecule has 1 amide bonds. The monoisotopic (exact) mass is 343 g/mol. The maximum absolute atomic E-state index is 12.8. The van der Waals surface area contributed by atoms with Crippen LogP contribution >= 0.6 is 0 Å². The Hall–Kier alpha value is -2.86. The Morgan fingerprint density at radius 1 is 1.08 bits per heavy atom. The third-order valence-electron chi connectivity index (χ3n) is 3.58. The van der Waals surface area contributed by atoms with Crippen LogP contribution in [0.5, 0.6) is 5.75 Å². The van der Waals surface area contributed by atoms with Crippen molar-refractivity contribution in [2.45, 2.75) is 13.0 Å². The molecule has 2 rings (SSSR count). The second-order valence-electron chi connectivity index (χ2n) is 5.32. The molecule has 0 aliphatic rings. The van der Waals surface area contributed by atoms with E-state index >= 15 is 0 Å². The third kappa shape index (κ3) is 5.06. The predicted molar refractivity (Wildman–Crippen MR) is 93.8 cm³/mol. The van der Waals surface area contributed by atoms with E-state index in [-0.39, 0.29) is 5.91 Å². The molecule has 2 aromatic rings. The highest BCUT2D eigenvalue weighted by Crippen LogP contribution is 2.24. The summed E-state index contributed by atoms with van der Waals surface area (Å²) >= 11 is 0. The van der Waals surface area contributed by atoms with Crippen LogP contribution < -0.4 is 9.64 Å². The zero-order valence-electron chi connectivity index (χ0n) is 14.2. The fraction of sp³-hybridized carbons (Fsp3) is 0.263. The van der Waals surface area contributed by atoms with Gasteiger partial charge in [0.25, 0.3) is 5.91 Å². The van der Waals surface area contributed by atoms with Gasteiger partial charge in [-0.2, -0.15) is 0 Å². The first-order valence-corrected chi connectivity index (χ1v) is 7.91. The molecule has 6 heteroatoms. The molecule has 132 valence electrons. The van der Waals surface area contributed by atoms with Gasteiger partial charge in [0.05, 0.1) is 0 Å². The zero-order valence-corrected chi connectivity index (χ0v) is 14.2. The van der Waals surface area contributed by atoms with Gasteiger partial charge < -0.3 is 19.5 Å². The number of carboxylic acid groups (broad SMARTS) is 1. The van der Waals surface area contributed by atoms with E-state index < -0.39 is 18.7 Å². The summed E-state index contributed by atoms with van der Waals surface area (Å²) in [6.45, 7) is 1.85. The van der Waals surface area contributed by atoms with Crippen LogP contribution in [-0.4, -0.2) is 37.2 Å². The van der Waals surface area contributed by atoms with Crippen molar-refractivity contribution in [3.8, 4) is 5.75 Å². The van der Waals surface area contributed by atoms with E-state index in [1.165, 1.54) is 4.90 Å². The van der Waals surface area contributed by atoms with Gasteiger partial charge in [-0.1, -0.05) is 30.3 Å². The second kappa shape index (κ2) is 8.84. The summed E-state index contributed by atoms with van der Waals surface area (Å²) in [7, 11) is 1.67. The van der Waals surface area contributed by atoms with E-state index in [9.17, 15) is 9.59 Å². The number of nitrogens with zero attached hydrogens (tertiary/aromatic N) is 1. The summed E-state index contributed by atoms with van der Waals surface area (Å²) in [6.07, 6.45) is -0.681. The zero-order chi connectivity index (χ0) is 18.2. The van der Waals surface area contributed by atoms with Gasteiger partial charge in [0.1, 0.15) is 5.75 Å². The molecule has 0 aromatic heterocycles. The fourth-order valence-corrected chi connectivity index (χ4v) is 2.32. The third-order valence-corrected chi connectivity index (χ3v) is 3.58. The summed E-state index contributed by atoms with van der Waals surface area (Å²) in [4.78, 5) is 24.9. The fourth-order valence-electron chi connectivity index (χ4n) is 2.32. The molecule has 0 heterocycles. The lowest BCUT2D eigenvalue weighted by Crippen LogP contribution is -2.33. The highest BCUT2D eigenvalue weighted by molar-refractivity contribution is 5.96. The Balaban J connectivity index is 2.13. The molecule has 0 saturated carbocycles. The first-order valence-electron chi connectivity index (χ1n) is 7.91. The van der Waals surface area contributed by atoms with Crippen LogP contribution in [0.15, 0.2) is 54.6 Å². The van der Waals surface area contributed by atoms with Crippen LogP contribution in [0.1, 0.15) is 18.6 Å². The lowest BCUT2D eigenvalue weighted by atomic mass is 10.1. The van der Waals surface area contributed by atoms with Crippen molar-refractivity contribution in [2.24, 2.45) is 0 Å². The van der Waals surface area contributed by atoms with Crippen LogP contribution in [0, 0.1) is 0 Å². The van der Waals surface area contributed by atoms with E-state index in [2.05, 4.69) is 0 Å². The SMILES string of the molecule is CCOC(C(=O)N(C)c1ccc(OCC(=O)O)cc1)c1ccccc1. The number of carboxylic acids is 1. The van der Waals surface area contributed by atoms with Gasteiger partial charge in [-0.3, -0.25) is 4.79 Å². The average Bonchev–Trinajstić information content (AvgIpc) is 2.64. The number of anilines is 1. The van der Waals surface area contributed by atoms with E-state index in [1.807, 2.05) is 37.3 Å². The Kier molecular flexibility index (Phi) is 6.54. The van der Waals surface area contributed by atoms with E-state index in [1.54, 1.807) is 31.3 Å². The summed E-state index contributed by atoms with van der Waals surface area (Å²) < 4.78 is 10.7. The van der Waals surface area contributed by atoms with E-state index in [0.29, 0.717) is 18.0 Å². The van der Waals surface area contributed by atoms with Gasteiger partial charge in [-0.05, 0) is 36.8 Å². The average molecular weight is 343 g/mol. The van der Waals surface area contributed by atoms with Crippen molar-refractivity contribution in [3.05, 3.63) is 60.2 Å². The molecular formula is C19H21NO5. The van der Waals surface area contributed by atoms with Gasteiger partial charge in [0.15, 0.2) is 12.7 Å². The van der Waals surface area contributed by atoms with Gasteiger partial charge in [0, 0.05) is 19.3 Å². The van der Waals surface area contributed by atoms with Gasteiger partial charge >= 0.3 is 5.97 Å². The van der Waals surface area contributed by atoms with Crippen molar-refractivity contribution in [2.75, 3.05) is 25.2 Å². The van der Waals surface area contributed by atoms with Gasteiger partial charge in [-0.25, -0.2) is 4.79 Å². The molecule has 0 aliphatic heterocycles. The molecule has 0 saturated heterocycles. The predicted octanol–water partition coefficient (Wildman–Crippen LogP) is 2.89. The minimum atomic E-state index is -1.04. The van der Waals surface area contributed by atoms with Gasteiger partial charge in [0.2, 0.25) is 0 Å². The number of ether oxygens (including phenoxy) is 2. The molecule has 1 unspecified atom stereocenters. The Labute approximate surface area is 146 Å². The first-order chi connectivity index (χ1) is 12.0. The first kappa shape index (κ1) is 18.5. The highest BCUT2D eigenvalue weighted by atomic mass is 16.5. The van der Waals surface area contributed by atoms with Crippen molar-refractivity contribution in [3.63, 3.8) is 0 Å². The normalized spacial score (nSPS) is 11.6. The molecule has 0 radical (unpaired) electrons. The van der Waals surface area contributed by atoms with Gasteiger partial charge in [-0.15, -0.1) is 0 Å². The molecule has 0 spiro atoms. The lowest BCUT2D eigenvalue weighted by molar-refractivity contribution is -0.139. The minimum Gasteiger partial charge on any atom is -0.482 e. The Morgan fingerprint density at radius 3 is 2.28 bits per heavy atom. The lowest BCUT2D eigenvalue weighted by Gasteiger charge is -2.24. The van der Waals surface area contributed by atoms with Crippen molar-refractivity contribution >= 4 is 17.6 Å². The Morgan fingerprint density at radius 2 is 1.72 bits per heavy atom. The Bertz CT molecular complexity index is 700. The molecule has 2 aromatic carbocycles. The molecule has 6 nitrogen and oxygen atoms in total. The second-order valence-corrected chi connectivity index (χ2v) is 5.32. The molecule has 0 aliphatic carbocycles. The van der Waals surface area contributed by atoms with Crippen LogP contribution in [0.3, 0.4) is 0 Å². The molecule has 1 N–H and O–H groups in total.